The van der Waals surface area contributed by atoms with Crippen molar-refractivity contribution in [3.63, 3.8) is 0 Å². The Morgan fingerprint density at radius 1 is 1.43 bits per heavy atom. The molecule has 3 heteroatoms. The average Bonchev–Trinajstić information content (AvgIpc) is 2.59. The zero-order valence-electron chi connectivity index (χ0n) is 9.10. The van der Waals surface area contributed by atoms with E-state index in [2.05, 4.69) is 19.2 Å². The lowest BCUT2D eigenvalue weighted by molar-refractivity contribution is -0.126. The van der Waals surface area contributed by atoms with E-state index in [-0.39, 0.29) is 22.7 Å². The predicted molar refractivity (Wildman–Crippen MR) is 55.6 cm³/mol. The van der Waals surface area contributed by atoms with Crippen molar-refractivity contribution in [1.29, 1.82) is 0 Å². The molecule has 0 aromatic carbocycles. The summed E-state index contributed by atoms with van der Waals surface area (Å²) in [5.41, 5.74) is 5.89. The van der Waals surface area contributed by atoms with Crippen LogP contribution in [-0.2, 0) is 4.79 Å². The van der Waals surface area contributed by atoms with Gasteiger partial charge in [0.15, 0.2) is 0 Å². The van der Waals surface area contributed by atoms with Crippen LogP contribution in [0.4, 0.5) is 0 Å². The maximum Gasteiger partial charge on any atom is 0.222 e. The normalized spacial score (nSPS) is 40.6. The van der Waals surface area contributed by atoms with Gasteiger partial charge in [-0.1, -0.05) is 20.3 Å². The average molecular weight is 196 g/mol. The molecule has 1 aliphatic carbocycles. The highest BCUT2D eigenvalue weighted by molar-refractivity contribution is 5.78. The summed E-state index contributed by atoms with van der Waals surface area (Å²) in [5.74, 6) is -0.0787. The van der Waals surface area contributed by atoms with Crippen molar-refractivity contribution in [2.45, 2.75) is 33.1 Å². The van der Waals surface area contributed by atoms with Gasteiger partial charge in [0, 0.05) is 18.5 Å². The second-order valence-corrected chi connectivity index (χ2v) is 5.48. The molecule has 2 rings (SSSR count). The van der Waals surface area contributed by atoms with E-state index < -0.39 is 0 Å². The molecule has 1 saturated heterocycles. The highest BCUT2D eigenvalue weighted by Gasteiger charge is 2.57. The summed E-state index contributed by atoms with van der Waals surface area (Å²) < 4.78 is 0. The van der Waals surface area contributed by atoms with E-state index in [1.165, 1.54) is 12.8 Å². The molecule has 1 amide bonds. The molecule has 1 saturated carbocycles. The number of nitrogens with one attached hydrogen (secondary N) is 1. The summed E-state index contributed by atoms with van der Waals surface area (Å²) in [6.45, 7) is 6.30. The summed E-state index contributed by atoms with van der Waals surface area (Å²) in [4.78, 5) is 11.4. The number of amides is 1. The molecule has 80 valence electrons. The van der Waals surface area contributed by atoms with Gasteiger partial charge >= 0.3 is 0 Å². The van der Waals surface area contributed by atoms with E-state index >= 15 is 0 Å². The van der Waals surface area contributed by atoms with Gasteiger partial charge in [0.1, 0.15) is 0 Å². The van der Waals surface area contributed by atoms with Crippen LogP contribution in [0.5, 0.6) is 0 Å². The van der Waals surface area contributed by atoms with Crippen LogP contribution in [0, 0.1) is 16.7 Å². The zero-order chi connectivity index (χ0) is 10.4. The number of carbonyl (C=O) groups is 1. The second kappa shape index (κ2) is 2.96. The summed E-state index contributed by atoms with van der Waals surface area (Å²) in [5, 5.41) is 3.34. The van der Waals surface area contributed by atoms with Crippen LogP contribution >= 0.6 is 0 Å². The molecule has 2 fully saturated rings. The first-order valence-corrected chi connectivity index (χ1v) is 5.50. The molecule has 2 aliphatic rings. The number of carbonyl (C=O) groups excluding carboxylic acids is 1. The molecule has 0 aromatic rings. The molecule has 1 heterocycles. The summed E-state index contributed by atoms with van der Waals surface area (Å²) in [6.07, 6.45) is 3.61. The van der Waals surface area contributed by atoms with Crippen LogP contribution in [0.15, 0.2) is 0 Å². The van der Waals surface area contributed by atoms with Crippen molar-refractivity contribution in [2.24, 2.45) is 22.5 Å². The van der Waals surface area contributed by atoms with Crippen LogP contribution in [0.2, 0.25) is 0 Å². The first kappa shape index (κ1) is 9.97. The van der Waals surface area contributed by atoms with Crippen molar-refractivity contribution in [1.82, 2.24) is 5.32 Å². The van der Waals surface area contributed by atoms with Crippen LogP contribution in [0.1, 0.15) is 33.1 Å². The topological polar surface area (TPSA) is 55.1 Å². The molecular formula is C11H20N2O. The van der Waals surface area contributed by atoms with E-state index in [1.807, 2.05) is 0 Å². The number of hydrogen-bond acceptors (Lipinski definition) is 2. The SMILES string of the molecule is CC1(C)CCCC12CNCC2C(N)=O. The van der Waals surface area contributed by atoms with Gasteiger partial charge in [-0.3, -0.25) is 4.79 Å². The molecule has 3 N–H and O–H groups in total. The Morgan fingerprint density at radius 3 is 2.64 bits per heavy atom. The molecule has 0 radical (unpaired) electrons. The molecule has 2 atom stereocenters. The van der Waals surface area contributed by atoms with Gasteiger partial charge in [-0.25, -0.2) is 0 Å². The largest absolute Gasteiger partial charge is 0.369 e. The lowest BCUT2D eigenvalue weighted by Crippen LogP contribution is -2.45. The zero-order valence-corrected chi connectivity index (χ0v) is 9.10. The van der Waals surface area contributed by atoms with Crippen LogP contribution in [0.25, 0.3) is 0 Å². The van der Waals surface area contributed by atoms with Crippen LogP contribution in [-0.4, -0.2) is 19.0 Å². The molecule has 0 aromatic heterocycles. The van der Waals surface area contributed by atoms with E-state index in [0.29, 0.717) is 0 Å². The fraction of sp³-hybridized carbons (Fsp3) is 0.909. The fourth-order valence-electron chi connectivity index (χ4n) is 3.54. The van der Waals surface area contributed by atoms with Gasteiger partial charge in [0.2, 0.25) is 5.91 Å². The second-order valence-electron chi connectivity index (χ2n) is 5.48. The minimum atomic E-state index is -0.120. The summed E-state index contributed by atoms with van der Waals surface area (Å²) in [6, 6.07) is 0. The predicted octanol–water partition coefficient (Wildman–Crippen LogP) is 0.888. The molecule has 1 spiro atoms. The number of nitrogens with two attached hydrogens (primary N) is 1. The van der Waals surface area contributed by atoms with Crippen molar-refractivity contribution >= 4 is 5.91 Å². The Morgan fingerprint density at radius 2 is 2.14 bits per heavy atom. The van der Waals surface area contributed by atoms with Gasteiger partial charge < -0.3 is 11.1 Å². The highest BCUT2D eigenvalue weighted by atomic mass is 16.1. The smallest absolute Gasteiger partial charge is 0.222 e. The Balaban J connectivity index is 2.34. The van der Waals surface area contributed by atoms with Gasteiger partial charge in [-0.15, -0.1) is 0 Å². The molecule has 2 unspecified atom stereocenters. The van der Waals surface area contributed by atoms with Gasteiger partial charge in [0.05, 0.1) is 5.92 Å². The van der Waals surface area contributed by atoms with E-state index in [9.17, 15) is 4.79 Å². The molecule has 0 bridgehead atoms. The van der Waals surface area contributed by atoms with Crippen LogP contribution in [0.3, 0.4) is 0 Å². The van der Waals surface area contributed by atoms with Crippen molar-refractivity contribution in [3.8, 4) is 0 Å². The first-order chi connectivity index (χ1) is 6.50. The summed E-state index contributed by atoms with van der Waals surface area (Å²) >= 11 is 0. The lowest BCUT2D eigenvalue weighted by atomic mass is 9.62. The Hall–Kier alpha value is -0.570. The third-order valence-electron chi connectivity index (χ3n) is 4.57. The molecule has 14 heavy (non-hydrogen) atoms. The fourth-order valence-corrected chi connectivity index (χ4v) is 3.54. The lowest BCUT2D eigenvalue weighted by Gasteiger charge is -2.41. The Kier molecular flexibility index (Phi) is 2.11. The maximum absolute atomic E-state index is 11.4. The minimum absolute atomic E-state index is 0.0417. The third kappa shape index (κ3) is 1.11. The van der Waals surface area contributed by atoms with E-state index in [0.717, 1.165) is 19.5 Å². The minimum Gasteiger partial charge on any atom is -0.369 e. The molecular weight excluding hydrogens is 176 g/mol. The highest BCUT2D eigenvalue weighted by Crippen LogP contribution is 2.57. The van der Waals surface area contributed by atoms with Gasteiger partial charge in [0.25, 0.3) is 0 Å². The molecule has 3 nitrogen and oxygen atoms in total. The van der Waals surface area contributed by atoms with Crippen molar-refractivity contribution in [3.05, 3.63) is 0 Å². The number of rotatable bonds is 1. The van der Waals surface area contributed by atoms with Crippen LogP contribution < -0.4 is 11.1 Å². The summed E-state index contributed by atoms with van der Waals surface area (Å²) in [7, 11) is 0. The number of hydrogen-bond donors (Lipinski definition) is 2. The van der Waals surface area contributed by atoms with Crippen molar-refractivity contribution < 1.29 is 4.79 Å². The van der Waals surface area contributed by atoms with E-state index in [4.69, 9.17) is 5.73 Å². The van der Waals surface area contributed by atoms with Crippen molar-refractivity contribution in [2.75, 3.05) is 13.1 Å². The van der Waals surface area contributed by atoms with Gasteiger partial charge in [-0.2, -0.15) is 0 Å². The monoisotopic (exact) mass is 196 g/mol. The standard InChI is InChI=1S/C11H20N2O/c1-10(2)4-3-5-11(10)7-13-6-8(11)9(12)14/h8,13H,3-7H2,1-2H3,(H2,12,14). The van der Waals surface area contributed by atoms with Gasteiger partial charge in [-0.05, 0) is 18.3 Å². The quantitative estimate of drug-likeness (QED) is 0.654. The first-order valence-electron chi connectivity index (χ1n) is 5.50. The number of primary amides is 1. The molecule has 1 aliphatic heterocycles. The Bertz CT molecular complexity index is 258. The third-order valence-corrected chi connectivity index (χ3v) is 4.57. The Labute approximate surface area is 85.4 Å². The maximum atomic E-state index is 11.4. The van der Waals surface area contributed by atoms with E-state index in [1.54, 1.807) is 0 Å².